The van der Waals surface area contributed by atoms with Gasteiger partial charge in [0.15, 0.2) is 0 Å². The number of hydrogen-bond acceptors (Lipinski definition) is 2. The lowest BCUT2D eigenvalue weighted by molar-refractivity contribution is -0.117. The average molecular weight is 135 g/mol. The van der Waals surface area contributed by atoms with Crippen LogP contribution in [0.5, 0.6) is 0 Å². The highest BCUT2D eigenvalue weighted by atomic mass is 35.5. The quantitative estimate of drug-likeness (QED) is 0.409. The highest BCUT2D eigenvalue weighted by Gasteiger charge is 1.95. The number of alkyl halides is 1. The zero-order chi connectivity index (χ0) is 6.41. The smallest absolute Gasteiger partial charge is 0.396 e. The Morgan fingerprint density at radius 1 is 2.00 bits per heavy atom. The van der Waals surface area contributed by atoms with Gasteiger partial charge in [0.25, 0.3) is 0 Å². The van der Waals surface area contributed by atoms with E-state index in [1.54, 1.807) is 0 Å². The van der Waals surface area contributed by atoms with E-state index >= 15 is 0 Å². The highest BCUT2D eigenvalue weighted by Crippen LogP contribution is 1.70. The SMILES string of the molecule is COBNC(=O)CCl. The summed E-state index contributed by atoms with van der Waals surface area (Å²) in [5.74, 6) is -0.225. The van der Waals surface area contributed by atoms with Crippen LogP contribution in [0, 0.1) is 0 Å². The van der Waals surface area contributed by atoms with E-state index < -0.39 is 0 Å². The van der Waals surface area contributed by atoms with Gasteiger partial charge in [-0.1, -0.05) is 0 Å². The molecule has 0 aliphatic heterocycles. The van der Waals surface area contributed by atoms with Crippen LogP contribution in [0.3, 0.4) is 0 Å². The molecule has 0 spiro atoms. The summed E-state index contributed by atoms with van der Waals surface area (Å²) in [6.07, 6.45) is 0. The number of rotatable bonds is 3. The van der Waals surface area contributed by atoms with Gasteiger partial charge in [-0.15, -0.1) is 11.6 Å². The van der Waals surface area contributed by atoms with Gasteiger partial charge in [-0.05, 0) is 0 Å². The maximum absolute atomic E-state index is 10.2. The third-order valence-corrected chi connectivity index (χ3v) is 0.778. The number of nitrogens with one attached hydrogen (secondary N) is 1. The molecule has 0 saturated carbocycles. The molecule has 0 bridgehead atoms. The van der Waals surface area contributed by atoms with Gasteiger partial charge < -0.3 is 9.88 Å². The Labute approximate surface area is 53.6 Å². The van der Waals surface area contributed by atoms with Gasteiger partial charge in [0.05, 0.1) is 0 Å². The van der Waals surface area contributed by atoms with Crippen molar-refractivity contribution in [3.8, 4) is 0 Å². The van der Waals surface area contributed by atoms with E-state index in [9.17, 15) is 4.79 Å². The molecule has 5 heteroatoms. The summed E-state index contributed by atoms with van der Waals surface area (Å²) in [5.41, 5.74) is 0. The summed E-state index contributed by atoms with van der Waals surface area (Å²) in [7, 11) is 1.72. The highest BCUT2D eigenvalue weighted by molar-refractivity contribution is 6.35. The molecule has 0 fully saturated rings. The van der Waals surface area contributed by atoms with Crippen molar-refractivity contribution in [2.75, 3.05) is 13.0 Å². The summed E-state index contributed by atoms with van der Waals surface area (Å²) in [6, 6.07) is 0. The van der Waals surface area contributed by atoms with Crippen molar-refractivity contribution in [1.29, 1.82) is 0 Å². The number of hydrogen-bond donors (Lipinski definition) is 1. The predicted octanol–water partition coefficient (Wildman–Crippen LogP) is -0.746. The zero-order valence-electron chi connectivity index (χ0n) is 4.61. The van der Waals surface area contributed by atoms with E-state index in [1.165, 1.54) is 7.11 Å². The Hall–Kier alpha value is -0.215. The van der Waals surface area contributed by atoms with Crippen LogP contribution in [0.4, 0.5) is 0 Å². The molecule has 1 N–H and O–H groups in total. The van der Waals surface area contributed by atoms with Crippen molar-refractivity contribution in [2.45, 2.75) is 0 Å². The Morgan fingerprint density at radius 3 is 3.00 bits per heavy atom. The first-order valence-corrected chi connectivity index (χ1v) is 2.66. The molecule has 1 amide bonds. The first kappa shape index (κ1) is 7.78. The van der Waals surface area contributed by atoms with E-state index in [2.05, 4.69) is 9.88 Å². The number of halogens is 1. The first-order chi connectivity index (χ1) is 3.81. The third kappa shape index (κ3) is 3.96. The molecular formula is C3H7BClNO2. The molecule has 0 rings (SSSR count). The molecular weight excluding hydrogens is 128 g/mol. The molecule has 0 aromatic rings. The van der Waals surface area contributed by atoms with Crippen LogP contribution in [-0.4, -0.2) is 26.5 Å². The van der Waals surface area contributed by atoms with Crippen LogP contribution in [0.2, 0.25) is 0 Å². The van der Waals surface area contributed by atoms with E-state index in [4.69, 9.17) is 11.6 Å². The van der Waals surface area contributed by atoms with Crippen LogP contribution in [0.1, 0.15) is 0 Å². The fraction of sp³-hybridized carbons (Fsp3) is 0.667. The number of carbonyl (C=O) groups excluding carboxylic acids is 1. The van der Waals surface area contributed by atoms with E-state index in [1.807, 2.05) is 0 Å². The maximum Gasteiger partial charge on any atom is 0.396 e. The predicted molar refractivity (Wildman–Crippen MR) is 33.0 cm³/mol. The molecule has 0 aliphatic rings. The van der Waals surface area contributed by atoms with Gasteiger partial charge in [-0.25, -0.2) is 0 Å². The lowest BCUT2D eigenvalue weighted by Gasteiger charge is -1.94. The van der Waals surface area contributed by atoms with E-state index in [-0.39, 0.29) is 19.4 Å². The monoisotopic (exact) mass is 135 g/mol. The van der Waals surface area contributed by atoms with Gasteiger partial charge in [0.2, 0.25) is 5.91 Å². The molecule has 8 heavy (non-hydrogen) atoms. The summed E-state index contributed by atoms with van der Waals surface area (Å²) in [6.45, 7) is 0. The van der Waals surface area contributed by atoms with Crippen LogP contribution in [0.25, 0.3) is 0 Å². The second kappa shape index (κ2) is 4.93. The molecule has 46 valence electrons. The van der Waals surface area contributed by atoms with Crippen molar-refractivity contribution >= 4 is 25.1 Å². The van der Waals surface area contributed by atoms with Gasteiger partial charge in [-0.2, -0.15) is 0 Å². The van der Waals surface area contributed by atoms with E-state index in [0.29, 0.717) is 0 Å². The average Bonchev–Trinajstić information content (AvgIpc) is 1.83. The second-order valence-electron chi connectivity index (χ2n) is 1.17. The largest absolute Gasteiger partial charge is 0.422 e. The minimum Gasteiger partial charge on any atom is -0.422 e. The zero-order valence-corrected chi connectivity index (χ0v) is 5.36. The van der Waals surface area contributed by atoms with Crippen molar-refractivity contribution in [3.63, 3.8) is 0 Å². The Balaban J connectivity index is 2.99. The normalized spacial score (nSPS) is 8.25. The van der Waals surface area contributed by atoms with Crippen LogP contribution in [-0.2, 0) is 9.45 Å². The summed E-state index contributed by atoms with van der Waals surface area (Å²) in [5, 5.41) is 2.39. The van der Waals surface area contributed by atoms with Crippen molar-refractivity contribution in [3.05, 3.63) is 0 Å². The summed E-state index contributed by atoms with van der Waals surface area (Å²) < 4.78 is 4.52. The lowest BCUT2D eigenvalue weighted by atomic mass is 10.3. The molecule has 0 atom stereocenters. The third-order valence-electron chi connectivity index (χ3n) is 0.535. The van der Waals surface area contributed by atoms with Gasteiger partial charge in [-0.3, -0.25) is 4.79 Å². The van der Waals surface area contributed by atoms with Crippen LogP contribution >= 0.6 is 11.6 Å². The standard InChI is InChI=1S/C3H7BClNO2/c1-8-4-6-3(7)2-5/h4H,2H2,1H3,(H,6,7). The molecule has 0 aromatic carbocycles. The summed E-state index contributed by atoms with van der Waals surface area (Å²) in [4.78, 5) is 10.2. The Bertz CT molecular complexity index is 79.7. The van der Waals surface area contributed by atoms with Crippen LogP contribution < -0.4 is 5.23 Å². The van der Waals surface area contributed by atoms with Gasteiger partial charge in [0, 0.05) is 7.11 Å². The molecule has 0 saturated heterocycles. The number of carbonyl (C=O) groups is 1. The summed E-state index contributed by atoms with van der Waals surface area (Å²) >= 11 is 5.12. The van der Waals surface area contributed by atoms with Crippen molar-refractivity contribution < 1.29 is 9.45 Å². The Morgan fingerprint density at radius 2 is 2.62 bits per heavy atom. The first-order valence-electron chi connectivity index (χ1n) is 2.13. The fourth-order valence-electron chi connectivity index (χ4n) is 0.200. The van der Waals surface area contributed by atoms with E-state index in [0.717, 1.165) is 0 Å². The molecule has 0 unspecified atom stereocenters. The molecule has 3 nitrogen and oxygen atoms in total. The topological polar surface area (TPSA) is 38.3 Å². The molecule has 0 radical (unpaired) electrons. The van der Waals surface area contributed by atoms with Gasteiger partial charge in [0.1, 0.15) is 5.88 Å². The maximum atomic E-state index is 10.2. The molecule has 0 aromatic heterocycles. The minimum atomic E-state index is -0.214. The molecule has 0 heterocycles. The van der Waals surface area contributed by atoms with Crippen molar-refractivity contribution in [2.24, 2.45) is 0 Å². The lowest BCUT2D eigenvalue weighted by Crippen LogP contribution is -2.29. The fourth-order valence-corrected chi connectivity index (χ4v) is 0.294. The van der Waals surface area contributed by atoms with Gasteiger partial charge >= 0.3 is 7.62 Å². The van der Waals surface area contributed by atoms with Crippen LogP contribution in [0.15, 0.2) is 0 Å². The number of amides is 1. The second-order valence-corrected chi connectivity index (χ2v) is 1.43. The Kier molecular flexibility index (Phi) is 4.80. The molecule has 0 aliphatic carbocycles. The minimum absolute atomic E-state index is 0.0106. The van der Waals surface area contributed by atoms with Crippen molar-refractivity contribution in [1.82, 2.24) is 5.23 Å².